The largest absolute Gasteiger partial charge is 0.345 e. The van der Waals surface area contributed by atoms with E-state index >= 15 is 0 Å². The number of alkyl halides is 1. The Bertz CT molecular complexity index is 922. The molecular formula is C18H16BrF2N3O. The predicted molar refractivity (Wildman–Crippen MR) is 95.7 cm³/mol. The van der Waals surface area contributed by atoms with Crippen LogP contribution in [0.1, 0.15) is 22.1 Å². The molecule has 0 unspecified atom stereocenters. The first-order chi connectivity index (χ1) is 11.9. The topological polar surface area (TPSA) is 38.1 Å². The Morgan fingerprint density at radius 2 is 1.92 bits per heavy atom. The number of halogens is 3. The summed E-state index contributed by atoms with van der Waals surface area (Å²) in [6, 6.07) is 9.28. The van der Waals surface area contributed by atoms with Gasteiger partial charge in [0.25, 0.3) is 5.91 Å². The van der Waals surface area contributed by atoms with Gasteiger partial charge < -0.3 is 4.90 Å². The molecule has 3 rings (SSSR count). The van der Waals surface area contributed by atoms with E-state index in [1.807, 2.05) is 0 Å². The van der Waals surface area contributed by atoms with Crippen LogP contribution >= 0.6 is 15.9 Å². The minimum Gasteiger partial charge on any atom is -0.345 e. The van der Waals surface area contributed by atoms with Crippen molar-refractivity contribution in [2.45, 2.75) is 12.7 Å². The van der Waals surface area contributed by atoms with Gasteiger partial charge in [-0.25, -0.2) is 8.78 Å². The molecule has 3 aromatic rings. The quantitative estimate of drug-likeness (QED) is 0.644. The van der Waals surface area contributed by atoms with E-state index in [9.17, 15) is 13.6 Å². The summed E-state index contributed by atoms with van der Waals surface area (Å²) in [5.41, 5.74) is 1.55. The van der Waals surface area contributed by atoms with E-state index in [0.29, 0.717) is 26.5 Å². The lowest BCUT2D eigenvalue weighted by atomic mass is 10.1. The maximum Gasteiger partial charge on any atom is 0.253 e. The molecule has 2 aromatic carbocycles. The zero-order valence-electron chi connectivity index (χ0n) is 13.7. The highest BCUT2D eigenvalue weighted by atomic mass is 79.9. The van der Waals surface area contributed by atoms with Crippen LogP contribution in [0.2, 0.25) is 0 Å². The highest BCUT2D eigenvalue weighted by molar-refractivity contribution is 9.10. The normalized spacial score (nSPS) is 12.4. The van der Waals surface area contributed by atoms with Gasteiger partial charge in [-0.2, -0.15) is 5.10 Å². The van der Waals surface area contributed by atoms with Gasteiger partial charge in [0.1, 0.15) is 12.0 Å². The molecule has 25 heavy (non-hydrogen) atoms. The molecule has 0 saturated carbocycles. The number of hydrogen-bond donors (Lipinski definition) is 0. The molecule has 4 nitrogen and oxygen atoms in total. The predicted octanol–water partition coefficient (Wildman–Crippen LogP) is 4.35. The van der Waals surface area contributed by atoms with Crippen LogP contribution < -0.4 is 0 Å². The van der Waals surface area contributed by atoms with E-state index in [1.54, 1.807) is 50.6 Å². The molecule has 0 saturated heterocycles. The molecule has 0 radical (unpaired) electrons. The smallest absolute Gasteiger partial charge is 0.253 e. The van der Waals surface area contributed by atoms with Crippen molar-refractivity contribution in [3.63, 3.8) is 0 Å². The van der Waals surface area contributed by atoms with Crippen LogP contribution in [0, 0.1) is 5.82 Å². The van der Waals surface area contributed by atoms with Crippen molar-refractivity contribution in [3.05, 3.63) is 64.0 Å². The monoisotopic (exact) mass is 407 g/mol. The Morgan fingerprint density at radius 1 is 1.24 bits per heavy atom. The summed E-state index contributed by atoms with van der Waals surface area (Å²) in [6.45, 7) is 0.00368. The molecule has 1 aromatic heterocycles. The zero-order valence-corrected chi connectivity index (χ0v) is 15.3. The fourth-order valence-electron chi connectivity index (χ4n) is 2.54. The summed E-state index contributed by atoms with van der Waals surface area (Å²) >= 11 is 3.18. The van der Waals surface area contributed by atoms with Gasteiger partial charge in [0.05, 0.1) is 16.5 Å². The van der Waals surface area contributed by atoms with Crippen LogP contribution in [0.3, 0.4) is 0 Å². The van der Waals surface area contributed by atoms with E-state index in [1.165, 1.54) is 15.6 Å². The first kappa shape index (κ1) is 17.5. The van der Waals surface area contributed by atoms with Gasteiger partial charge in [0, 0.05) is 31.2 Å². The minimum absolute atomic E-state index is 0.00368. The van der Waals surface area contributed by atoms with Crippen molar-refractivity contribution in [2.24, 2.45) is 0 Å². The molecule has 1 atom stereocenters. The van der Waals surface area contributed by atoms with E-state index in [0.717, 1.165) is 0 Å². The number of fused-ring (bicyclic) bond motifs is 1. The fourth-order valence-corrected chi connectivity index (χ4v) is 2.98. The van der Waals surface area contributed by atoms with Crippen LogP contribution in [-0.4, -0.2) is 34.7 Å². The van der Waals surface area contributed by atoms with Crippen molar-refractivity contribution in [1.29, 1.82) is 0 Å². The van der Waals surface area contributed by atoms with Crippen LogP contribution in [-0.2, 0) is 6.54 Å². The summed E-state index contributed by atoms with van der Waals surface area (Å²) in [5.74, 6) is -0.517. The molecule has 0 N–H and O–H groups in total. The van der Waals surface area contributed by atoms with Gasteiger partial charge in [-0.05, 0) is 45.8 Å². The Balaban J connectivity index is 1.79. The maximum atomic E-state index is 14.6. The highest BCUT2D eigenvalue weighted by Gasteiger charge is 2.15. The SMILES string of the molecule is CN(C)C(=O)c1ccc([C@@H](F)Cn2cc3c(Br)c(F)ccc3n2)cc1. The average Bonchev–Trinajstić information content (AvgIpc) is 3.01. The first-order valence-electron chi connectivity index (χ1n) is 7.63. The number of hydrogen-bond acceptors (Lipinski definition) is 2. The van der Waals surface area contributed by atoms with E-state index < -0.39 is 6.17 Å². The Morgan fingerprint density at radius 3 is 2.56 bits per heavy atom. The van der Waals surface area contributed by atoms with Gasteiger partial charge in [0.2, 0.25) is 0 Å². The first-order valence-corrected chi connectivity index (χ1v) is 8.43. The second-order valence-corrected chi connectivity index (χ2v) is 6.73. The van der Waals surface area contributed by atoms with E-state index in [4.69, 9.17) is 0 Å². The average molecular weight is 408 g/mol. The van der Waals surface area contributed by atoms with Gasteiger partial charge >= 0.3 is 0 Å². The van der Waals surface area contributed by atoms with Gasteiger partial charge in [-0.1, -0.05) is 12.1 Å². The van der Waals surface area contributed by atoms with E-state index in [-0.39, 0.29) is 18.3 Å². The van der Waals surface area contributed by atoms with Gasteiger partial charge in [-0.3, -0.25) is 9.48 Å². The number of benzene rings is 2. The third kappa shape index (κ3) is 3.56. The zero-order chi connectivity index (χ0) is 18.1. The third-order valence-electron chi connectivity index (χ3n) is 3.90. The molecule has 0 fully saturated rings. The Labute approximate surface area is 152 Å². The molecule has 0 aliphatic heterocycles. The van der Waals surface area contributed by atoms with E-state index in [2.05, 4.69) is 21.0 Å². The summed E-state index contributed by atoms with van der Waals surface area (Å²) in [6.07, 6.45) is 0.320. The van der Waals surface area contributed by atoms with Crippen molar-refractivity contribution in [1.82, 2.24) is 14.7 Å². The summed E-state index contributed by atoms with van der Waals surface area (Å²) in [5, 5.41) is 4.86. The lowest BCUT2D eigenvalue weighted by molar-refractivity contribution is 0.0827. The van der Waals surface area contributed by atoms with Gasteiger partial charge in [-0.15, -0.1) is 0 Å². The van der Waals surface area contributed by atoms with Gasteiger partial charge in [0.15, 0.2) is 0 Å². The van der Waals surface area contributed by atoms with Crippen LogP contribution in [0.5, 0.6) is 0 Å². The van der Waals surface area contributed by atoms with Crippen molar-refractivity contribution >= 4 is 32.7 Å². The summed E-state index contributed by atoms with van der Waals surface area (Å²) in [7, 11) is 3.33. The summed E-state index contributed by atoms with van der Waals surface area (Å²) < 4.78 is 29.9. The number of carbonyl (C=O) groups excluding carboxylic acids is 1. The minimum atomic E-state index is -1.29. The van der Waals surface area contributed by atoms with Crippen molar-refractivity contribution in [2.75, 3.05) is 14.1 Å². The van der Waals surface area contributed by atoms with Crippen molar-refractivity contribution in [3.8, 4) is 0 Å². The lowest BCUT2D eigenvalue weighted by Gasteiger charge is -2.12. The lowest BCUT2D eigenvalue weighted by Crippen LogP contribution is -2.21. The maximum absolute atomic E-state index is 14.6. The standard InChI is InChI=1S/C18H16BrF2N3O/c1-23(2)18(25)12-5-3-11(4-6-12)15(21)10-24-9-13-16(22-24)8-7-14(20)17(13)19/h3-9,15H,10H2,1-2H3/t15-/m0/s1. The number of rotatable bonds is 4. The highest BCUT2D eigenvalue weighted by Crippen LogP contribution is 2.27. The number of aromatic nitrogens is 2. The number of carbonyl (C=O) groups is 1. The Kier molecular flexibility index (Phi) is 4.85. The molecular weight excluding hydrogens is 392 g/mol. The molecule has 130 valence electrons. The molecule has 1 heterocycles. The summed E-state index contributed by atoms with van der Waals surface area (Å²) in [4.78, 5) is 13.3. The third-order valence-corrected chi connectivity index (χ3v) is 4.70. The molecule has 0 aliphatic rings. The molecule has 1 amide bonds. The molecule has 7 heteroatoms. The molecule has 0 spiro atoms. The molecule has 0 aliphatic carbocycles. The number of amides is 1. The van der Waals surface area contributed by atoms with Crippen LogP contribution in [0.25, 0.3) is 10.9 Å². The van der Waals surface area contributed by atoms with Crippen LogP contribution in [0.4, 0.5) is 8.78 Å². The second-order valence-electron chi connectivity index (χ2n) is 5.93. The second kappa shape index (κ2) is 6.92. The number of nitrogens with zero attached hydrogens (tertiary/aromatic N) is 3. The molecule has 0 bridgehead atoms. The van der Waals surface area contributed by atoms with Crippen LogP contribution in [0.15, 0.2) is 47.1 Å². The fraction of sp³-hybridized carbons (Fsp3) is 0.222. The van der Waals surface area contributed by atoms with Crippen molar-refractivity contribution < 1.29 is 13.6 Å². The Hall–Kier alpha value is -2.28.